The van der Waals surface area contributed by atoms with Crippen LogP contribution in [0.15, 0.2) is 40.8 Å². The van der Waals surface area contributed by atoms with E-state index in [2.05, 4.69) is 62.3 Å². The number of aromatic nitrogens is 1. The largest absolute Gasteiger partial charge is 0.361 e. The van der Waals surface area contributed by atoms with Gasteiger partial charge in [0.05, 0.1) is 0 Å². The van der Waals surface area contributed by atoms with Crippen molar-refractivity contribution in [3.05, 3.63) is 46.3 Å². The highest BCUT2D eigenvalue weighted by Crippen LogP contribution is 2.33. The molecular weight excluding hydrogens is 270 g/mol. The van der Waals surface area contributed by atoms with Gasteiger partial charge in [-0.15, -0.1) is 23.5 Å². The van der Waals surface area contributed by atoms with E-state index < -0.39 is 0 Å². The molecule has 1 heterocycles. The van der Waals surface area contributed by atoms with Gasteiger partial charge in [-0.1, -0.05) is 45.0 Å². The molecule has 0 saturated carbocycles. The number of para-hydroxylation sites is 1. The molecule has 0 fully saturated rings. The molecule has 0 bridgehead atoms. The third kappa shape index (κ3) is 3.61. The predicted molar refractivity (Wildman–Crippen MR) is 91.1 cm³/mol. The minimum Gasteiger partial charge on any atom is -0.361 e. The molecule has 0 aliphatic heterocycles. The third-order valence-corrected chi connectivity index (χ3v) is 5.20. The van der Waals surface area contributed by atoms with Crippen molar-refractivity contribution in [3.63, 3.8) is 0 Å². The number of allylic oxidation sites excluding steroid dienone is 1. The quantitative estimate of drug-likeness (QED) is 0.743. The summed E-state index contributed by atoms with van der Waals surface area (Å²) in [5.74, 6) is 2.73. The van der Waals surface area contributed by atoms with Crippen molar-refractivity contribution >= 4 is 34.4 Å². The topological polar surface area (TPSA) is 15.8 Å². The first-order chi connectivity index (χ1) is 9.26. The van der Waals surface area contributed by atoms with Gasteiger partial charge >= 0.3 is 0 Å². The number of benzene rings is 1. The van der Waals surface area contributed by atoms with Crippen molar-refractivity contribution < 1.29 is 0 Å². The van der Waals surface area contributed by atoms with Crippen LogP contribution in [0.5, 0.6) is 0 Å². The molecule has 0 radical (unpaired) electrons. The number of rotatable bonds is 6. The Labute approximate surface area is 124 Å². The van der Waals surface area contributed by atoms with Gasteiger partial charge in [-0.2, -0.15) is 0 Å². The van der Waals surface area contributed by atoms with Gasteiger partial charge in [-0.05, 0) is 23.1 Å². The molecule has 1 atom stereocenters. The summed E-state index contributed by atoms with van der Waals surface area (Å²) in [6, 6.07) is 8.52. The lowest BCUT2D eigenvalue weighted by Crippen LogP contribution is -1.89. The molecule has 1 nitrogen and oxygen atoms in total. The second-order valence-electron chi connectivity index (χ2n) is 4.43. The molecular formula is C16H21NS2. The van der Waals surface area contributed by atoms with Gasteiger partial charge in [0.2, 0.25) is 0 Å². The normalized spacial score (nSPS) is 12.6. The maximum absolute atomic E-state index is 3.36. The molecule has 1 N–H and O–H groups in total. The standard InChI is InChI=1S/C16H21NS2/c1-4-18-16(19-5-2)10-12(3)14-11-17-15-9-7-6-8-13(14)15/h6-12,17H,4-5H2,1-3H3. The first-order valence-corrected chi connectivity index (χ1v) is 8.76. The number of aromatic amines is 1. The second-order valence-corrected chi connectivity index (χ2v) is 7.30. The Kier molecular flexibility index (Phi) is 5.46. The summed E-state index contributed by atoms with van der Waals surface area (Å²) in [4.78, 5) is 3.36. The molecule has 19 heavy (non-hydrogen) atoms. The Morgan fingerprint density at radius 3 is 2.58 bits per heavy atom. The second kappa shape index (κ2) is 7.11. The third-order valence-electron chi connectivity index (χ3n) is 3.07. The summed E-state index contributed by atoms with van der Waals surface area (Å²) >= 11 is 3.89. The van der Waals surface area contributed by atoms with Crippen LogP contribution in [0.2, 0.25) is 0 Å². The summed E-state index contributed by atoms with van der Waals surface area (Å²) < 4.78 is 1.45. The maximum Gasteiger partial charge on any atom is 0.0457 e. The van der Waals surface area contributed by atoms with Crippen LogP contribution in [0.4, 0.5) is 0 Å². The maximum atomic E-state index is 3.36. The van der Waals surface area contributed by atoms with Gasteiger partial charge in [-0.3, -0.25) is 0 Å². The van der Waals surface area contributed by atoms with Gasteiger partial charge in [0.25, 0.3) is 0 Å². The lowest BCUT2D eigenvalue weighted by atomic mass is 10.0. The first-order valence-electron chi connectivity index (χ1n) is 6.79. The average Bonchev–Trinajstić information content (AvgIpc) is 2.83. The van der Waals surface area contributed by atoms with Crippen molar-refractivity contribution in [2.24, 2.45) is 0 Å². The minimum atomic E-state index is 0.448. The summed E-state index contributed by atoms with van der Waals surface area (Å²) in [7, 11) is 0. The first kappa shape index (κ1) is 14.6. The van der Waals surface area contributed by atoms with Crippen LogP contribution in [0.3, 0.4) is 0 Å². The Hall–Kier alpha value is -0.800. The van der Waals surface area contributed by atoms with Crippen LogP contribution in [-0.2, 0) is 0 Å². The average molecular weight is 291 g/mol. The fourth-order valence-electron chi connectivity index (χ4n) is 2.19. The van der Waals surface area contributed by atoms with E-state index in [1.54, 1.807) is 0 Å². The van der Waals surface area contributed by atoms with Crippen LogP contribution in [-0.4, -0.2) is 16.5 Å². The summed E-state index contributed by atoms with van der Waals surface area (Å²) in [5, 5.41) is 1.34. The lowest BCUT2D eigenvalue weighted by molar-refractivity contribution is 0.979. The molecule has 0 saturated heterocycles. The Bertz CT molecular complexity index is 549. The van der Waals surface area contributed by atoms with E-state index in [-0.39, 0.29) is 0 Å². The molecule has 0 amide bonds. The highest BCUT2D eigenvalue weighted by atomic mass is 32.2. The van der Waals surface area contributed by atoms with E-state index in [4.69, 9.17) is 0 Å². The number of thioether (sulfide) groups is 2. The fourth-order valence-corrected chi connectivity index (χ4v) is 4.40. The van der Waals surface area contributed by atoms with Crippen LogP contribution in [0, 0.1) is 0 Å². The molecule has 3 heteroatoms. The lowest BCUT2D eigenvalue weighted by Gasteiger charge is -2.09. The van der Waals surface area contributed by atoms with Crippen LogP contribution in [0.1, 0.15) is 32.3 Å². The van der Waals surface area contributed by atoms with Crippen molar-refractivity contribution in [1.82, 2.24) is 4.98 Å². The molecule has 102 valence electrons. The van der Waals surface area contributed by atoms with Crippen molar-refractivity contribution in [2.45, 2.75) is 26.7 Å². The number of nitrogens with one attached hydrogen (secondary N) is 1. The van der Waals surface area contributed by atoms with E-state index in [1.165, 1.54) is 20.7 Å². The van der Waals surface area contributed by atoms with Gasteiger partial charge in [0.1, 0.15) is 0 Å². The van der Waals surface area contributed by atoms with Crippen molar-refractivity contribution in [3.8, 4) is 0 Å². The molecule has 0 aliphatic rings. The zero-order valence-electron chi connectivity index (χ0n) is 11.8. The smallest absolute Gasteiger partial charge is 0.0457 e. The number of hydrogen-bond acceptors (Lipinski definition) is 2. The van der Waals surface area contributed by atoms with E-state index in [1.807, 2.05) is 23.5 Å². The van der Waals surface area contributed by atoms with Crippen molar-refractivity contribution in [1.29, 1.82) is 0 Å². The Morgan fingerprint density at radius 2 is 1.89 bits per heavy atom. The molecule has 0 aliphatic carbocycles. The van der Waals surface area contributed by atoms with E-state index in [0.29, 0.717) is 5.92 Å². The Balaban J connectivity index is 2.27. The van der Waals surface area contributed by atoms with Crippen LogP contribution >= 0.6 is 23.5 Å². The summed E-state index contributed by atoms with van der Waals surface area (Å²) in [5.41, 5.74) is 2.62. The monoisotopic (exact) mass is 291 g/mol. The van der Waals surface area contributed by atoms with Gasteiger partial charge < -0.3 is 4.98 Å². The molecule has 1 unspecified atom stereocenters. The highest BCUT2D eigenvalue weighted by molar-refractivity contribution is 8.22. The predicted octanol–water partition coefficient (Wildman–Crippen LogP) is 5.62. The van der Waals surface area contributed by atoms with Crippen LogP contribution in [0.25, 0.3) is 10.9 Å². The van der Waals surface area contributed by atoms with Gasteiger partial charge in [0, 0.05) is 27.3 Å². The molecule has 2 rings (SSSR count). The number of fused-ring (bicyclic) bond motifs is 1. The number of hydrogen-bond donors (Lipinski definition) is 1. The zero-order chi connectivity index (χ0) is 13.7. The summed E-state index contributed by atoms with van der Waals surface area (Å²) in [6.45, 7) is 6.71. The van der Waals surface area contributed by atoms with E-state index in [0.717, 1.165) is 11.5 Å². The SMILES string of the molecule is CCSC(=CC(C)c1c[nH]c2ccccc12)SCC. The Morgan fingerprint density at radius 1 is 1.21 bits per heavy atom. The number of H-pyrrole nitrogens is 1. The summed E-state index contributed by atoms with van der Waals surface area (Å²) in [6.07, 6.45) is 4.55. The van der Waals surface area contributed by atoms with Crippen LogP contribution < -0.4 is 0 Å². The minimum absolute atomic E-state index is 0.448. The fraction of sp³-hybridized carbons (Fsp3) is 0.375. The molecule has 1 aromatic heterocycles. The van der Waals surface area contributed by atoms with E-state index >= 15 is 0 Å². The zero-order valence-corrected chi connectivity index (χ0v) is 13.4. The van der Waals surface area contributed by atoms with Gasteiger partial charge in [0.15, 0.2) is 0 Å². The molecule has 0 spiro atoms. The molecule has 1 aromatic carbocycles. The van der Waals surface area contributed by atoms with Gasteiger partial charge in [-0.25, -0.2) is 0 Å². The van der Waals surface area contributed by atoms with Crippen molar-refractivity contribution in [2.75, 3.05) is 11.5 Å². The molecule has 2 aromatic rings. The van der Waals surface area contributed by atoms with E-state index in [9.17, 15) is 0 Å². The highest BCUT2D eigenvalue weighted by Gasteiger charge is 2.10.